The van der Waals surface area contributed by atoms with E-state index in [1.807, 2.05) is 34.1 Å². The van der Waals surface area contributed by atoms with Gasteiger partial charge in [-0.15, -0.1) is 0 Å². The number of benzene rings is 1. The Hall–Kier alpha value is -2.83. The Kier molecular flexibility index (Phi) is 3.92. The number of nitrogens with zero attached hydrogens (tertiary/aromatic N) is 3. The summed E-state index contributed by atoms with van der Waals surface area (Å²) in [6.45, 7) is 3.49. The van der Waals surface area contributed by atoms with Crippen molar-refractivity contribution in [3.63, 3.8) is 0 Å². The first-order chi connectivity index (χ1) is 13.5. The summed E-state index contributed by atoms with van der Waals surface area (Å²) in [5.74, 6) is 1.26. The maximum Gasteiger partial charge on any atom is 0.276 e. The number of hydrogen-bond acceptors (Lipinski definition) is 5. The van der Waals surface area contributed by atoms with Crippen LogP contribution in [0.25, 0.3) is 0 Å². The Labute approximate surface area is 163 Å². The normalized spacial score (nSPS) is 20.6. The lowest BCUT2D eigenvalue weighted by Gasteiger charge is -2.48. The van der Waals surface area contributed by atoms with Crippen LogP contribution < -0.4 is 10.2 Å². The fourth-order valence-corrected chi connectivity index (χ4v) is 4.34. The second kappa shape index (κ2) is 6.36. The van der Waals surface area contributed by atoms with Gasteiger partial charge in [0.25, 0.3) is 5.91 Å². The summed E-state index contributed by atoms with van der Waals surface area (Å²) in [6.07, 6.45) is 3.80. The van der Waals surface area contributed by atoms with Gasteiger partial charge in [-0.1, -0.05) is 17.3 Å². The summed E-state index contributed by atoms with van der Waals surface area (Å²) in [4.78, 5) is 28.7. The standard InChI is InChI=1S/C21H24N4O3/c1-14(26)25-13-21(22-16-4-2-3-5-18(16)25)8-10-24(11-9-21)20(27)17-12-19(28-23-17)15-6-7-15/h2-5,12,15,22H,6-11,13H2,1H3. The van der Waals surface area contributed by atoms with Gasteiger partial charge in [0.2, 0.25) is 5.91 Å². The second-order valence-electron chi connectivity index (χ2n) is 8.21. The molecule has 5 rings (SSSR count). The van der Waals surface area contributed by atoms with Crippen molar-refractivity contribution in [1.29, 1.82) is 0 Å². The molecule has 2 fully saturated rings. The van der Waals surface area contributed by atoms with Crippen molar-refractivity contribution in [3.8, 4) is 0 Å². The van der Waals surface area contributed by atoms with Gasteiger partial charge in [0, 0.05) is 38.5 Å². The van der Waals surface area contributed by atoms with Crippen LogP contribution in [0, 0.1) is 0 Å². The second-order valence-corrected chi connectivity index (χ2v) is 8.21. The molecular weight excluding hydrogens is 356 g/mol. The first-order valence-corrected chi connectivity index (χ1v) is 9.96. The minimum absolute atomic E-state index is 0.0435. The molecule has 0 unspecified atom stereocenters. The number of piperidine rings is 1. The molecule has 0 bridgehead atoms. The van der Waals surface area contributed by atoms with Gasteiger partial charge < -0.3 is 19.6 Å². The number of carbonyl (C=O) groups excluding carboxylic acids is 2. The number of fused-ring (bicyclic) bond motifs is 1. The van der Waals surface area contributed by atoms with Crippen molar-refractivity contribution in [2.75, 3.05) is 29.9 Å². The van der Waals surface area contributed by atoms with Gasteiger partial charge in [0.05, 0.1) is 16.9 Å². The highest BCUT2D eigenvalue weighted by Gasteiger charge is 2.42. The molecule has 0 atom stereocenters. The number of hydrogen-bond donors (Lipinski definition) is 1. The highest BCUT2D eigenvalue weighted by atomic mass is 16.5. The van der Waals surface area contributed by atoms with E-state index in [1.54, 1.807) is 13.0 Å². The lowest BCUT2D eigenvalue weighted by atomic mass is 9.84. The molecule has 2 aromatic rings. The molecule has 1 aromatic heterocycles. The number of anilines is 2. The lowest BCUT2D eigenvalue weighted by molar-refractivity contribution is -0.116. The van der Waals surface area contributed by atoms with Gasteiger partial charge in [-0.2, -0.15) is 0 Å². The van der Waals surface area contributed by atoms with Gasteiger partial charge in [-0.25, -0.2) is 0 Å². The molecule has 7 nitrogen and oxygen atoms in total. The highest BCUT2D eigenvalue weighted by Crippen LogP contribution is 2.41. The van der Waals surface area contributed by atoms with Crippen molar-refractivity contribution in [3.05, 3.63) is 41.8 Å². The van der Waals surface area contributed by atoms with Gasteiger partial charge >= 0.3 is 0 Å². The Balaban J connectivity index is 1.31. The highest BCUT2D eigenvalue weighted by molar-refractivity contribution is 5.97. The van der Waals surface area contributed by atoms with Gasteiger partial charge in [0.15, 0.2) is 5.69 Å². The third-order valence-corrected chi connectivity index (χ3v) is 6.17. The zero-order valence-corrected chi connectivity index (χ0v) is 16.0. The Bertz CT molecular complexity index is 925. The minimum atomic E-state index is -0.209. The van der Waals surface area contributed by atoms with E-state index in [9.17, 15) is 9.59 Å². The number of rotatable bonds is 2. The number of likely N-dealkylation sites (tertiary alicyclic amines) is 1. The Morgan fingerprint density at radius 1 is 1.21 bits per heavy atom. The van der Waals surface area contributed by atoms with Crippen LogP contribution in [0.5, 0.6) is 0 Å². The molecule has 3 heterocycles. The first kappa shape index (κ1) is 17.3. The van der Waals surface area contributed by atoms with Crippen LogP contribution >= 0.6 is 0 Å². The average Bonchev–Trinajstić information content (AvgIpc) is 3.44. The van der Waals surface area contributed by atoms with E-state index < -0.39 is 0 Å². The van der Waals surface area contributed by atoms with Crippen LogP contribution in [0.4, 0.5) is 11.4 Å². The molecule has 146 valence electrons. The van der Waals surface area contributed by atoms with Crippen LogP contribution in [0.15, 0.2) is 34.9 Å². The molecule has 0 radical (unpaired) electrons. The summed E-state index contributed by atoms with van der Waals surface area (Å²) in [5, 5.41) is 7.64. The van der Waals surface area contributed by atoms with Gasteiger partial charge in [-0.05, 0) is 37.8 Å². The zero-order valence-electron chi connectivity index (χ0n) is 16.0. The fourth-order valence-electron chi connectivity index (χ4n) is 4.34. The number of para-hydroxylation sites is 2. The van der Waals surface area contributed by atoms with Crippen LogP contribution in [-0.4, -0.2) is 47.0 Å². The van der Waals surface area contributed by atoms with Gasteiger partial charge in [0.1, 0.15) is 5.76 Å². The molecule has 1 saturated carbocycles. The molecule has 7 heteroatoms. The van der Waals surface area contributed by atoms with E-state index in [0.717, 1.165) is 42.8 Å². The molecule has 1 spiro atoms. The minimum Gasteiger partial charge on any atom is -0.376 e. The molecule has 1 aliphatic carbocycles. The maximum absolute atomic E-state index is 12.8. The monoisotopic (exact) mass is 380 g/mol. The van der Waals surface area contributed by atoms with E-state index >= 15 is 0 Å². The van der Waals surface area contributed by atoms with E-state index in [1.165, 1.54) is 0 Å². The summed E-state index contributed by atoms with van der Waals surface area (Å²) in [7, 11) is 0. The largest absolute Gasteiger partial charge is 0.376 e. The lowest BCUT2D eigenvalue weighted by Crippen LogP contribution is -2.59. The number of amides is 2. The third-order valence-electron chi connectivity index (χ3n) is 6.17. The molecular formula is C21H24N4O3. The maximum atomic E-state index is 12.8. The van der Waals surface area contributed by atoms with Gasteiger partial charge in [-0.3, -0.25) is 9.59 Å². The van der Waals surface area contributed by atoms with E-state index in [4.69, 9.17) is 4.52 Å². The predicted molar refractivity (Wildman–Crippen MR) is 104 cm³/mol. The quantitative estimate of drug-likeness (QED) is 0.866. The predicted octanol–water partition coefficient (Wildman–Crippen LogP) is 3.01. The van der Waals surface area contributed by atoms with Crippen LogP contribution in [0.1, 0.15) is 54.8 Å². The van der Waals surface area contributed by atoms with Crippen molar-refractivity contribution in [2.24, 2.45) is 0 Å². The van der Waals surface area contributed by atoms with Crippen molar-refractivity contribution >= 4 is 23.2 Å². The number of carbonyl (C=O) groups is 2. The van der Waals surface area contributed by atoms with E-state index in [0.29, 0.717) is 31.2 Å². The van der Waals surface area contributed by atoms with Crippen LogP contribution in [-0.2, 0) is 4.79 Å². The smallest absolute Gasteiger partial charge is 0.276 e. The fraction of sp³-hybridized carbons (Fsp3) is 0.476. The SMILES string of the molecule is CC(=O)N1CC2(CCN(C(=O)c3cc(C4CC4)on3)CC2)Nc2ccccc21. The average molecular weight is 380 g/mol. The number of aromatic nitrogens is 1. The molecule has 28 heavy (non-hydrogen) atoms. The molecule has 1 saturated heterocycles. The van der Waals surface area contributed by atoms with Crippen molar-refractivity contribution in [1.82, 2.24) is 10.1 Å². The van der Waals surface area contributed by atoms with Crippen molar-refractivity contribution in [2.45, 2.75) is 44.1 Å². The van der Waals surface area contributed by atoms with E-state index in [-0.39, 0.29) is 17.4 Å². The Morgan fingerprint density at radius 3 is 2.68 bits per heavy atom. The molecule has 3 aliphatic rings. The summed E-state index contributed by atoms with van der Waals surface area (Å²) in [5.41, 5.74) is 2.11. The Morgan fingerprint density at radius 2 is 1.96 bits per heavy atom. The first-order valence-electron chi connectivity index (χ1n) is 9.96. The number of nitrogens with one attached hydrogen (secondary N) is 1. The molecule has 2 amide bonds. The summed E-state index contributed by atoms with van der Waals surface area (Å²) >= 11 is 0. The molecule has 1 aromatic carbocycles. The topological polar surface area (TPSA) is 78.7 Å². The molecule has 1 N–H and O–H groups in total. The zero-order chi connectivity index (χ0) is 19.3. The van der Waals surface area contributed by atoms with Crippen molar-refractivity contribution < 1.29 is 14.1 Å². The summed E-state index contributed by atoms with van der Waals surface area (Å²) < 4.78 is 5.34. The van der Waals surface area contributed by atoms with Crippen LogP contribution in [0.2, 0.25) is 0 Å². The molecule has 2 aliphatic heterocycles. The summed E-state index contributed by atoms with van der Waals surface area (Å²) in [6, 6.07) is 9.71. The van der Waals surface area contributed by atoms with Crippen LogP contribution in [0.3, 0.4) is 0 Å². The van der Waals surface area contributed by atoms with E-state index in [2.05, 4.69) is 10.5 Å². The third kappa shape index (κ3) is 2.95.